The normalized spacial score (nSPS) is 18.3. The zero-order valence-corrected chi connectivity index (χ0v) is 13.0. The Morgan fingerprint density at radius 3 is 2.68 bits per heavy atom. The number of rotatable bonds is 6. The third-order valence-electron chi connectivity index (χ3n) is 3.77. The Bertz CT molecular complexity index is 624. The summed E-state index contributed by atoms with van der Waals surface area (Å²) in [6.07, 6.45) is -1.74. The summed E-state index contributed by atoms with van der Waals surface area (Å²) in [5, 5.41) is 9.03. The standard InChI is InChI=1S/C15H16F4N2O4/c16-14(17)15(18,19)8-25-11-4-3-9(6-20-11)12(22)21-5-1-2-10(7-21)13(23)24/h3-4,6,10,14H,1-2,5,7-8H2,(H,23,24)/t10-/m0/s1. The first kappa shape index (κ1) is 18.9. The van der Waals surface area contributed by atoms with Crippen LogP contribution in [0.15, 0.2) is 18.3 Å². The van der Waals surface area contributed by atoms with Crippen LogP contribution in [0.4, 0.5) is 17.6 Å². The molecule has 2 heterocycles. The summed E-state index contributed by atoms with van der Waals surface area (Å²) >= 11 is 0. The number of hydrogen-bond acceptors (Lipinski definition) is 4. The summed E-state index contributed by atoms with van der Waals surface area (Å²) < 4.78 is 54.1. The number of carboxylic acid groups (broad SMARTS) is 1. The SMILES string of the molecule is O=C(O)[C@H]1CCCN(C(=O)c2ccc(OCC(F)(F)C(F)F)nc2)C1. The smallest absolute Gasteiger partial charge is 0.340 e. The quantitative estimate of drug-likeness (QED) is 0.784. The molecule has 10 heteroatoms. The van der Waals surface area contributed by atoms with E-state index in [1.165, 1.54) is 11.0 Å². The fourth-order valence-corrected chi connectivity index (χ4v) is 2.37. The molecule has 1 aromatic rings. The number of hydrogen-bond donors (Lipinski definition) is 1. The summed E-state index contributed by atoms with van der Waals surface area (Å²) in [5.74, 6) is -6.67. The highest BCUT2D eigenvalue weighted by atomic mass is 19.3. The van der Waals surface area contributed by atoms with Gasteiger partial charge in [-0.05, 0) is 18.9 Å². The second-order valence-corrected chi connectivity index (χ2v) is 5.66. The molecule has 0 spiro atoms. The van der Waals surface area contributed by atoms with Crippen molar-refractivity contribution in [2.75, 3.05) is 19.7 Å². The summed E-state index contributed by atoms with van der Waals surface area (Å²) in [5.41, 5.74) is 0.124. The van der Waals surface area contributed by atoms with Crippen LogP contribution < -0.4 is 4.74 Å². The Morgan fingerprint density at radius 2 is 2.12 bits per heavy atom. The molecule has 1 aliphatic heterocycles. The van der Waals surface area contributed by atoms with Gasteiger partial charge in [-0.3, -0.25) is 9.59 Å². The van der Waals surface area contributed by atoms with Gasteiger partial charge in [0.05, 0.1) is 11.5 Å². The number of piperidine rings is 1. The van der Waals surface area contributed by atoms with Crippen LogP contribution in [-0.2, 0) is 4.79 Å². The number of halogens is 4. The minimum Gasteiger partial charge on any atom is -0.481 e. The van der Waals surface area contributed by atoms with Crippen molar-refractivity contribution in [2.24, 2.45) is 5.92 Å². The van der Waals surface area contributed by atoms with Crippen LogP contribution >= 0.6 is 0 Å². The third-order valence-corrected chi connectivity index (χ3v) is 3.77. The van der Waals surface area contributed by atoms with Crippen LogP contribution in [0.3, 0.4) is 0 Å². The summed E-state index contributed by atoms with van der Waals surface area (Å²) in [6.45, 7) is -1.05. The Hall–Kier alpha value is -2.39. The zero-order chi connectivity index (χ0) is 18.6. The van der Waals surface area contributed by atoms with E-state index in [-0.39, 0.29) is 18.0 Å². The van der Waals surface area contributed by atoms with Gasteiger partial charge >= 0.3 is 18.3 Å². The van der Waals surface area contributed by atoms with E-state index in [4.69, 9.17) is 5.11 Å². The molecule has 1 aromatic heterocycles. The zero-order valence-electron chi connectivity index (χ0n) is 13.0. The Labute approximate surface area is 140 Å². The highest BCUT2D eigenvalue weighted by molar-refractivity contribution is 5.94. The Kier molecular flexibility index (Phi) is 5.81. The molecule has 138 valence electrons. The molecule has 1 aliphatic rings. The van der Waals surface area contributed by atoms with Crippen LogP contribution in [0.25, 0.3) is 0 Å². The van der Waals surface area contributed by atoms with Gasteiger partial charge in [-0.15, -0.1) is 0 Å². The number of aromatic nitrogens is 1. The van der Waals surface area contributed by atoms with Crippen LogP contribution in [-0.4, -0.2) is 58.9 Å². The number of likely N-dealkylation sites (tertiary alicyclic amines) is 1. The van der Waals surface area contributed by atoms with E-state index in [1.54, 1.807) is 0 Å². The van der Waals surface area contributed by atoms with Crippen molar-refractivity contribution >= 4 is 11.9 Å². The van der Waals surface area contributed by atoms with Gasteiger partial charge in [-0.25, -0.2) is 13.8 Å². The maximum atomic E-state index is 12.8. The number of alkyl halides is 4. The molecule has 1 fully saturated rings. The van der Waals surface area contributed by atoms with Crippen molar-refractivity contribution in [3.05, 3.63) is 23.9 Å². The van der Waals surface area contributed by atoms with Gasteiger partial charge in [0, 0.05) is 25.4 Å². The average molecular weight is 364 g/mol. The second-order valence-electron chi connectivity index (χ2n) is 5.66. The number of nitrogens with zero attached hydrogens (tertiary/aromatic N) is 2. The molecule has 1 amide bonds. The molecule has 1 saturated heterocycles. The highest BCUT2D eigenvalue weighted by Gasteiger charge is 2.41. The van der Waals surface area contributed by atoms with E-state index in [0.717, 1.165) is 12.3 Å². The molecule has 0 radical (unpaired) electrons. The van der Waals surface area contributed by atoms with E-state index < -0.39 is 36.7 Å². The van der Waals surface area contributed by atoms with E-state index in [9.17, 15) is 27.2 Å². The van der Waals surface area contributed by atoms with E-state index in [0.29, 0.717) is 19.4 Å². The number of ether oxygens (including phenoxy) is 1. The van der Waals surface area contributed by atoms with Crippen molar-refractivity contribution in [1.29, 1.82) is 0 Å². The fourth-order valence-electron chi connectivity index (χ4n) is 2.37. The maximum absolute atomic E-state index is 12.8. The first-order valence-electron chi connectivity index (χ1n) is 7.47. The van der Waals surface area contributed by atoms with Gasteiger partial charge in [-0.1, -0.05) is 0 Å². The molecule has 0 bridgehead atoms. The number of pyridine rings is 1. The summed E-state index contributed by atoms with van der Waals surface area (Å²) in [7, 11) is 0. The van der Waals surface area contributed by atoms with Crippen LogP contribution in [0.1, 0.15) is 23.2 Å². The lowest BCUT2D eigenvalue weighted by Crippen LogP contribution is -2.42. The lowest BCUT2D eigenvalue weighted by Gasteiger charge is -2.30. The fraction of sp³-hybridized carbons (Fsp3) is 0.533. The first-order chi connectivity index (χ1) is 11.7. The highest BCUT2D eigenvalue weighted by Crippen LogP contribution is 2.24. The molecular formula is C15H16F4N2O4. The topological polar surface area (TPSA) is 79.7 Å². The number of carbonyl (C=O) groups is 2. The largest absolute Gasteiger partial charge is 0.481 e. The summed E-state index contributed by atoms with van der Waals surface area (Å²) in [4.78, 5) is 28.4. The Morgan fingerprint density at radius 1 is 1.40 bits per heavy atom. The minimum atomic E-state index is -4.30. The van der Waals surface area contributed by atoms with Crippen molar-refractivity contribution in [3.63, 3.8) is 0 Å². The molecule has 0 unspecified atom stereocenters. The number of amides is 1. The predicted molar refractivity (Wildman–Crippen MR) is 76.9 cm³/mol. The lowest BCUT2D eigenvalue weighted by molar-refractivity contribution is -0.148. The molecule has 0 aromatic carbocycles. The van der Waals surface area contributed by atoms with Crippen molar-refractivity contribution in [2.45, 2.75) is 25.2 Å². The van der Waals surface area contributed by atoms with Crippen LogP contribution in [0.2, 0.25) is 0 Å². The number of aliphatic carboxylic acids is 1. The van der Waals surface area contributed by atoms with E-state index in [2.05, 4.69) is 9.72 Å². The minimum absolute atomic E-state index is 0.0764. The van der Waals surface area contributed by atoms with Crippen molar-refractivity contribution in [1.82, 2.24) is 9.88 Å². The molecule has 0 aliphatic carbocycles. The van der Waals surface area contributed by atoms with Crippen LogP contribution in [0.5, 0.6) is 5.88 Å². The number of carbonyl (C=O) groups excluding carboxylic acids is 1. The first-order valence-corrected chi connectivity index (χ1v) is 7.47. The van der Waals surface area contributed by atoms with Gasteiger partial charge in [0.1, 0.15) is 0 Å². The third kappa shape index (κ3) is 4.80. The molecule has 25 heavy (non-hydrogen) atoms. The molecule has 6 nitrogen and oxygen atoms in total. The van der Waals surface area contributed by atoms with Gasteiger partial charge in [0.2, 0.25) is 5.88 Å². The van der Waals surface area contributed by atoms with Gasteiger partial charge in [-0.2, -0.15) is 8.78 Å². The predicted octanol–water partition coefficient (Wildman–Crippen LogP) is 2.30. The van der Waals surface area contributed by atoms with Crippen molar-refractivity contribution < 1.29 is 37.0 Å². The second kappa shape index (κ2) is 7.66. The van der Waals surface area contributed by atoms with Gasteiger partial charge < -0.3 is 14.7 Å². The Balaban J connectivity index is 1.97. The summed E-state index contributed by atoms with van der Waals surface area (Å²) in [6, 6.07) is 2.38. The average Bonchev–Trinajstić information content (AvgIpc) is 2.60. The monoisotopic (exact) mass is 364 g/mol. The molecule has 1 atom stereocenters. The van der Waals surface area contributed by atoms with Gasteiger partial charge in [0.15, 0.2) is 6.61 Å². The molecule has 2 rings (SSSR count). The molecule has 0 saturated carbocycles. The van der Waals surface area contributed by atoms with Crippen molar-refractivity contribution in [3.8, 4) is 5.88 Å². The van der Waals surface area contributed by atoms with E-state index in [1.807, 2.05) is 0 Å². The lowest BCUT2D eigenvalue weighted by atomic mass is 9.98. The maximum Gasteiger partial charge on any atom is 0.340 e. The molecular weight excluding hydrogens is 348 g/mol. The van der Waals surface area contributed by atoms with E-state index >= 15 is 0 Å². The molecule has 1 N–H and O–H groups in total. The number of carboxylic acids is 1. The van der Waals surface area contributed by atoms with Gasteiger partial charge in [0.25, 0.3) is 5.91 Å². The van der Waals surface area contributed by atoms with Crippen LogP contribution in [0, 0.1) is 5.92 Å².